The predicted octanol–water partition coefficient (Wildman–Crippen LogP) is 0.555. The SMILES string of the molecule is NCCC(=O)Nc1ccc(-n2cncn2)cc1. The van der Waals surface area contributed by atoms with Gasteiger partial charge < -0.3 is 11.1 Å². The topological polar surface area (TPSA) is 85.8 Å². The molecule has 6 nitrogen and oxygen atoms in total. The molecule has 88 valence electrons. The summed E-state index contributed by atoms with van der Waals surface area (Å²) in [5.41, 5.74) is 6.92. The zero-order valence-electron chi connectivity index (χ0n) is 9.21. The average Bonchev–Trinajstić information content (AvgIpc) is 2.84. The van der Waals surface area contributed by atoms with Crippen LogP contribution in [0.5, 0.6) is 0 Å². The summed E-state index contributed by atoms with van der Waals surface area (Å²) in [5, 5.41) is 6.76. The van der Waals surface area contributed by atoms with Crippen molar-refractivity contribution < 1.29 is 4.79 Å². The summed E-state index contributed by atoms with van der Waals surface area (Å²) < 4.78 is 1.64. The Balaban J connectivity index is 2.06. The number of carbonyl (C=O) groups is 1. The van der Waals surface area contributed by atoms with E-state index in [4.69, 9.17) is 5.73 Å². The monoisotopic (exact) mass is 231 g/mol. The van der Waals surface area contributed by atoms with Gasteiger partial charge in [0.05, 0.1) is 5.69 Å². The van der Waals surface area contributed by atoms with E-state index >= 15 is 0 Å². The number of hydrogen-bond acceptors (Lipinski definition) is 4. The first-order valence-corrected chi connectivity index (χ1v) is 5.24. The van der Waals surface area contributed by atoms with Gasteiger partial charge in [-0.15, -0.1) is 0 Å². The van der Waals surface area contributed by atoms with Crippen molar-refractivity contribution in [1.82, 2.24) is 14.8 Å². The van der Waals surface area contributed by atoms with Crippen LogP contribution in [0.2, 0.25) is 0 Å². The smallest absolute Gasteiger partial charge is 0.225 e. The normalized spacial score (nSPS) is 10.2. The number of aromatic nitrogens is 3. The Morgan fingerprint density at radius 2 is 2.12 bits per heavy atom. The molecule has 17 heavy (non-hydrogen) atoms. The molecule has 2 rings (SSSR count). The molecule has 1 heterocycles. The molecule has 0 atom stereocenters. The summed E-state index contributed by atoms with van der Waals surface area (Å²) in [5.74, 6) is -0.0824. The maximum Gasteiger partial charge on any atom is 0.225 e. The van der Waals surface area contributed by atoms with Crippen LogP contribution in [0.25, 0.3) is 5.69 Å². The molecule has 0 aliphatic heterocycles. The van der Waals surface area contributed by atoms with Crippen LogP contribution in [0.15, 0.2) is 36.9 Å². The summed E-state index contributed by atoms with van der Waals surface area (Å²) in [7, 11) is 0. The molecule has 1 aromatic carbocycles. The molecule has 0 fully saturated rings. The van der Waals surface area contributed by atoms with Crippen molar-refractivity contribution in [3.8, 4) is 5.69 Å². The van der Waals surface area contributed by atoms with E-state index in [1.807, 2.05) is 24.3 Å². The van der Waals surface area contributed by atoms with Gasteiger partial charge in [-0.3, -0.25) is 4.79 Å². The molecule has 0 spiro atoms. The third-order valence-corrected chi connectivity index (χ3v) is 2.21. The maximum atomic E-state index is 11.3. The van der Waals surface area contributed by atoms with Gasteiger partial charge in [0.2, 0.25) is 5.91 Å². The fourth-order valence-corrected chi connectivity index (χ4v) is 1.39. The second kappa shape index (κ2) is 5.22. The molecular formula is C11H13N5O. The van der Waals surface area contributed by atoms with E-state index in [1.165, 1.54) is 6.33 Å². The summed E-state index contributed by atoms with van der Waals surface area (Å²) in [4.78, 5) is 15.2. The Hall–Kier alpha value is -2.21. The lowest BCUT2D eigenvalue weighted by Gasteiger charge is -2.05. The molecule has 6 heteroatoms. The third-order valence-electron chi connectivity index (χ3n) is 2.21. The lowest BCUT2D eigenvalue weighted by molar-refractivity contribution is -0.116. The fraction of sp³-hybridized carbons (Fsp3) is 0.182. The molecule has 3 N–H and O–H groups in total. The number of nitrogens with one attached hydrogen (secondary N) is 1. The molecule has 0 unspecified atom stereocenters. The van der Waals surface area contributed by atoms with E-state index in [9.17, 15) is 4.79 Å². The molecule has 0 radical (unpaired) electrons. The second-order valence-corrected chi connectivity index (χ2v) is 3.47. The highest BCUT2D eigenvalue weighted by molar-refractivity contribution is 5.90. The number of nitrogens with two attached hydrogens (primary N) is 1. The number of anilines is 1. The van der Waals surface area contributed by atoms with Crippen LogP contribution in [-0.2, 0) is 4.79 Å². The minimum Gasteiger partial charge on any atom is -0.330 e. The summed E-state index contributed by atoms with van der Waals surface area (Å²) in [6.07, 6.45) is 3.41. The lowest BCUT2D eigenvalue weighted by Crippen LogP contribution is -2.16. The van der Waals surface area contributed by atoms with E-state index in [1.54, 1.807) is 11.0 Å². The Morgan fingerprint density at radius 3 is 2.71 bits per heavy atom. The van der Waals surface area contributed by atoms with Crippen LogP contribution in [0, 0.1) is 0 Å². The standard InChI is InChI=1S/C11H13N5O/c12-6-5-11(17)15-9-1-3-10(4-2-9)16-8-13-7-14-16/h1-4,7-8H,5-6,12H2,(H,15,17). The maximum absolute atomic E-state index is 11.3. The largest absolute Gasteiger partial charge is 0.330 e. The van der Waals surface area contributed by atoms with Gasteiger partial charge in [0.25, 0.3) is 0 Å². The summed E-state index contributed by atoms with van der Waals surface area (Å²) >= 11 is 0. The number of benzene rings is 1. The number of amides is 1. The van der Waals surface area contributed by atoms with Crippen molar-refractivity contribution >= 4 is 11.6 Å². The van der Waals surface area contributed by atoms with Gasteiger partial charge in [-0.25, -0.2) is 9.67 Å². The van der Waals surface area contributed by atoms with Crippen LogP contribution >= 0.6 is 0 Å². The zero-order chi connectivity index (χ0) is 12.1. The van der Waals surface area contributed by atoms with E-state index in [0.717, 1.165) is 11.4 Å². The van der Waals surface area contributed by atoms with Gasteiger partial charge in [0.15, 0.2) is 0 Å². The first kappa shape index (κ1) is 11.3. The van der Waals surface area contributed by atoms with Crippen molar-refractivity contribution in [1.29, 1.82) is 0 Å². The molecule has 0 bridgehead atoms. The van der Waals surface area contributed by atoms with Crippen LogP contribution in [0.4, 0.5) is 5.69 Å². The molecule has 2 aromatic rings. The lowest BCUT2D eigenvalue weighted by atomic mass is 10.2. The number of carbonyl (C=O) groups excluding carboxylic acids is 1. The highest BCUT2D eigenvalue weighted by Crippen LogP contribution is 2.12. The molecular weight excluding hydrogens is 218 g/mol. The first-order chi connectivity index (χ1) is 8.29. The van der Waals surface area contributed by atoms with Crippen LogP contribution < -0.4 is 11.1 Å². The molecule has 0 saturated carbocycles. The molecule has 0 aliphatic carbocycles. The Bertz CT molecular complexity index is 477. The number of rotatable bonds is 4. The molecule has 0 aliphatic rings. The third kappa shape index (κ3) is 2.88. The van der Waals surface area contributed by atoms with Crippen LogP contribution in [0.3, 0.4) is 0 Å². The first-order valence-electron chi connectivity index (χ1n) is 5.24. The highest BCUT2D eigenvalue weighted by atomic mass is 16.1. The van der Waals surface area contributed by atoms with E-state index < -0.39 is 0 Å². The van der Waals surface area contributed by atoms with Gasteiger partial charge in [-0.2, -0.15) is 5.10 Å². The minimum atomic E-state index is -0.0824. The molecule has 1 amide bonds. The Labute approximate surface area is 98.5 Å². The predicted molar refractivity (Wildman–Crippen MR) is 63.7 cm³/mol. The highest BCUT2D eigenvalue weighted by Gasteiger charge is 2.01. The van der Waals surface area contributed by atoms with E-state index in [0.29, 0.717) is 13.0 Å². The van der Waals surface area contributed by atoms with Crippen molar-refractivity contribution in [2.75, 3.05) is 11.9 Å². The fourth-order valence-electron chi connectivity index (χ4n) is 1.39. The van der Waals surface area contributed by atoms with Crippen molar-refractivity contribution in [3.05, 3.63) is 36.9 Å². The Morgan fingerprint density at radius 1 is 1.35 bits per heavy atom. The van der Waals surface area contributed by atoms with Crippen molar-refractivity contribution in [2.45, 2.75) is 6.42 Å². The molecule has 0 saturated heterocycles. The quantitative estimate of drug-likeness (QED) is 0.804. The van der Waals surface area contributed by atoms with Crippen LogP contribution in [-0.4, -0.2) is 27.2 Å². The average molecular weight is 231 g/mol. The van der Waals surface area contributed by atoms with Crippen molar-refractivity contribution in [3.63, 3.8) is 0 Å². The molecule has 1 aromatic heterocycles. The van der Waals surface area contributed by atoms with Crippen molar-refractivity contribution in [2.24, 2.45) is 5.73 Å². The van der Waals surface area contributed by atoms with Gasteiger partial charge >= 0.3 is 0 Å². The number of hydrogen-bond donors (Lipinski definition) is 2. The van der Waals surface area contributed by atoms with Gasteiger partial charge in [-0.05, 0) is 24.3 Å². The van der Waals surface area contributed by atoms with Gasteiger partial charge in [-0.1, -0.05) is 0 Å². The van der Waals surface area contributed by atoms with E-state index in [-0.39, 0.29) is 5.91 Å². The summed E-state index contributed by atoms with van der Waals surface area (Å²) in [6, 6.07) is 7.33. The van der Waals surface area contributed by atoms with Gasteiger partial charge in [0, 0.05) is 18.7 Å². The summed E-state index contributed by atoms with van der Waals surface area (Å²) in [6.45, 7) is 0.350. The van der Waals surface area contributed by atoms with Gasteiger partial charge in [0.1, 0.15) is 12.7 Å². The van der Waals surface area contributed by atoms with E-state index in [2.05, 4.69) is 15.4 Å². The Kier molecular flexibility index (Phi) is 3.46. The van der Waals surface area contributed by atoms with Crippen LogP contribution in [0.1, 0.15) is 6.42 Å². The minimum absolute atomic E-state index is 0.0824. The zero-order valence-corrected chi connectivity index (χ0v) is 9.21. The number of nitrogens with zero attached hydrogens (tertiary/aromatic N) is 3. The second-order valence-electron chi connectivity index (χ2n) is 3.47.